The monoisotopic (exact) mass is 222 g/mol. The van der Waals surface area contributed by atoms with Crippen molar-refractivity contribution in [3.05, 3.63) is 18.2 Å². The molecule has 1 aromatic carbocycles. The van der Waals surface area contributed by atoms with E-state index >= 15 is 0 Å². The number of fused-ring (bicyclic) bond motifs is 1. The van der Waals surface area contributed by atoms with Crippen LogP contribution in [0.4, 0.5) is 11.4 Å². The molecule has 1 aliphatic rings. The number of carboxylic acid groups (broad SMARTS) is 1. The molecule has 0 spiro atoms. The number of carboxylic acids is 1. The van der Waals surface area contributed by atoms with Gasteiger partial charge in [0.25, 0.3) is 0 Å². The van der Waals surface area contributed by atoms with Crippen LogP contribution in [0.25, 0.3) is 0 Å². The Kier molecular flexibility index (Phi) is 2.38. The molecule has 0 aromatic heterocycles. The van der Waals surface area contributed by atoms with E-state index in [9.17, 15) is 4.79 Å². The fraction of sp³-hybridized carbons (Fsp3) is 0.364. The van der Waals surface area contributed by atoms with Gasteiger partial charge in [-0.1, -0.05) is 6.07 Å². The van der Waals surface area contributed by atoms with Crippen LogP contribution < -0.4 is 15.4 Å². The van der Waals surface area contributed by atoms with E-state index < -0.39 is 12.1 Å². The molecule has 0 bridgehead atoms. The van der Waals surface area contributed by atoms with Crippen molar-refractivity contribution in [3.63, 3.8) is 0 Å². The van der Waals surface area contributed by atoms with Crippen LogP contribution >= 0.6 is 0 Å². The molecule has 3 N–H and O–H groups in total. The van der Waals surface area contributed by atoms with Gasteiger partial charge in [0.1, 0.15) is 0 Å². The summed E-state index contributed by atoms with van der Waals surface area (Å²) in [5, 5.41) is 9.05. The van der Waals surface area contributed by atoms with Gasteiger partial charge in [-0.3, -0.25) is 0 Å². The Morgan fingerprint density at radius 3 is 2.88 bits per heavy atom. The summed E-state index contributed by atoms with van der Waals surface area (Å²) in [6, 6.07) is 5.15. The number of aliphatic carboxylic acids is 1. The van der Waals surface area contributed by atoms with Gasteiger partial charge in [-0.05, 0) is 19.1 Å². The summed E-state index contributed by atoms with van der Waals surface area (Å²) < 4.78 is 5.44. The minimum atomic E-state index is -0.978. The predicted molar refractivity (Wildman–Crippen MR) is 60.8 cm³/mol. The second-order valence-corrected chi connectivity index (χ2v) is 3.92. The molecule has 0 aliphatic carbocycles. The first-order valence-electron chi connectivity index (χ1n) is 5.03. The Balaban J connectivity index is 2.48. The number of carbonyl (C=O) groups is 1. The molecule has 0 amide bonds. The van der Waals surface area contributed by atoms with Gasteiger partial charge in [0, 0.05) is 7.05 Å². The van der Waals surface area contributed by atoms with Crippen molar-refractivity contribution < 1.29 is 14.6 Å². The third-order valence-corrected chi connectivity index (χ3v) is 2.94. The Morgan fingerprint density at radius 2 is 2.25 bits per heavy atom. The summed E-state index contributed by atoms with van der Waals surface area (Å²) >= 11 is 0. The predicted octanol–water partition coefficient (Wildman–Crippen LogP) is 0.939. The normalized spacial score (nSPS) is 23.5. The van der Waals surface area contributed by atoms with Crippen LogP contribution in [0.15, 0.2) is 18.2 Å². The highest BCUT2D eigenvalue weighted by atomic mass is 16.5. The van der Waals surface area contributed by atoms with Crippen molar-refractivity contribution in [2.75, 3.05) is 17.7 Å². The van der Waals surface area contributed by atoms with E-state index in [4.69, 9.17) is 15.6 Å². The summed E-state index contributed by atoms with van der Waals surface area (Å²) in [5.41, 5.74) is 7.05. The van der Waals surface area contributed by atoms with Crippen molar-refractivity contribution in [1.29, 1.82) is 0 Å². The number of likely N-dealkylation sites (N-methyl/N-ethyl adjacent to an activating group) is 1. The summed E-state index contributed by atoms with van der Waals surface area (Å²) in [5.74, 6) is -0.524. The van der Waals surface area contributed by atoms with Crippen LogP contribution in [0, 0.1) is 0 Å². The molecule has 2 atom stereocenters. The summed E-state index contributed by atoms with van der Waals surface area (Å²) in [6.07, 6.45) is -0.887. The fourth-order valence-electron chi connectivity index (χ4n) is 1.85. The summed E-state index contributed by atoms with van der Waals surface area (Å²) in [7, 11) is 1.83. The number of hydrogen-bond donors (Lipinski definition) is 2. The number of ether oxygens (including phenoxy) is 1. The van der Waals surface area contributed by atoms with Gasteiger partial charge in [0.2, 0.25) is 6.10 Å². The van der Waals surface area contributed by atoms with Crippen molar-refractivity contribution in [1.82, 2.24) is 0 Å². The topological polar surface area (TPSA) is 75.8 Å². The quantitative estimate of drug-likeness (QED) is 0.691. The van der Waals surface area contributed by atoms with Gasteiger partial charge < -0.3 is 20.5 Å². The molecular formula is C11H14N2O3. The first kappa shape index (κ1) is 10.6. The van der Waals surface area contributed by atoms with E-state index in [1.54, 1.807) is 6.07 Å². The van der Waals surface area contributed by atoms with Gasteiger partial charge in [-0.25, -0.2) is 4.79 Å². The second kappa shape index (κ2) is 3.59. The van der Waals surface area contributed by atoms with E-state index in [0.29, 0.717) is 11.4 Å². The second-order valence-electron chi connectivity index (χ2n) is 3.92. The number of benzene rings is 1. The minimum absolute atomic E-state index is 0.230. The Morgan fingerprint density at radius 1 is 1.56 bits per heavy atom. The van der Waals surface area contributed by atoms with Crippen LogP contribution in [-0.4, -0.2) is 30.3 Å². The van der Waals surface area contributed by atoms with Crippen molar-refractivity contribution in [3.8, 4) is 5.75 Å². The van der Waals surface area contributed by atoms with Crippen LogP contribution in [-0.2, 0) is 4.79 Å². The summed E-state index contributed by atoms with van der Waals surface area (Å²) in [4.78, 5) is 12.9. The highest BCUT2D eigenvalue weighted by molar-refractivity contribution is 5.79. The molecule has 5 heteroatoms. The minimum Gasteiger partial charge on any atom is -0.478 e. The van der Waals surface area contributed by atoms with E-state index in [1.807, 2.05) is 31.0 Å². The zero-order chi connectivity index (χ0) is 11.9. The van der Waals surface area contributed by atoms with Crippen molar-refractivity contribution in [2.45, 2.75) is 19.1 Å². The number of nitrogens with two attached hydrogens (primary N) is 1. The van der Waals surface area contributed by atoms with Crippen LogP contribution in [0.5, 0.6) is 5.75 Å². The number of anilines is 2. The largest absolute Gasteiger partial charge is 0.478 e. The fourth-order valence-corrected chi connectivity index (χ4v) is 1.85. The zero-order valence-electron chi connectivity index (χ0n) is 9.18. The SMILES string of the molecule is CC1C(C(=O)O)Oc2c(N)cccc2N1C. The average molecular weight is 222 g/mol. The molecule has 0 fully saturated rings. The van der Waals surface area contributed by atoms with E-state index in [0.717, 1.165) is 5.69 Å². The molecule has 2 rings (SSSR count). The van der Waals surface area contributed by atoms with E-state index in [2.05, 4.69) is 0 Å². The number of hydrogen-bond acceptors (Lipinski definition) is 4. The van der Waals surface area contributed by atoms with Gasteiger partial charge >= 0.3 is 5.97 Å². The molecule has 1 heterocycles. The number of nitrogen functional groups attached to an aromatic ring is 1. The van der Waals surface area contributed by atoms with Gasteiger partial charge in [0.05, 0.1) is 17.4 Å². The van der Waals surface area contributed by atoms with Gasteiger partial charge in [-0.15, -0.1) is 0 Å². The van der Waals surface area contributed by atoms with Crippen LogP contribution in [0.3, 0.4) is 0 Å². The third kappa shape index (κ3) is 1.44. The molecule has 1 aromatic rings. The van der Waals surface area contributed by atoms with Crippen LogP contribution in [0.2, 0.25) is 0 Å². The molecule has 86 valence electrons. The highest BCUT2D eigenvalue weighted by Gasteiger charge is 2.36. The maximum Gasteiger partial charge on any atom is 0.347 e. The Hall–Kier alpha value is -1.91. The molecule has 0 saturated heterocycles. The molecule has 2 unspecified atom stereocenters. The summed E-state index contributed by atoms with van der Waals surface area (Å²) in [6.45, 7) is 1.81. The highest BCUT2D eigenvalue weighted by Crippen LogP contribution is 2.39. The molecule has 5 nitrogen and oxygen atoms in total. The first-order chi connectivity index (χ1) is 7.52. The number of nitrogens with zero attached hydrogens (tertiary/aromatic N) is 1. The molecule has 0 saturated carbocycles. The standard InChI is InChI=1S/C11H14N2O3/c1-6-9(11(14)15)16-10-7(12)4-3-5-8(10)13(6)2/h3-6,9H,12H2,1-2H3,(H,14,15). The lowest BCUT2D eigenvalue weighted by atomic mass is 10.1. The van der Waals surface area contributed by atoms with Gasteiger partial charge in [-0.2, -0.15) is 0 Å². The van der Waals surface area contributed by atoms with Crippen molar-refractivity contribution >= 4 is 17.3 Å². The Labute approximate surface area is 93.4 Å². The lowest BCUT2D eigenvalue weighted by Crippen LogP contribution is -2.50. The lowest BCUT2D eigenvalue weighted by molar-refractivity contribution is -0.146. The lowest BCUT2D eigenvalue weighted by Gasteiger charge is -2.38. The van der Waals surface area contributed by atoms with Crippen molar-refractivity contribution in [2.24, 2.45) is 0 Å². The van der Waals surface area contributed by atoms with E-state index in [-0.39, 0.29) is 6.04 Å². The number of rotatable bonds is 1. The maximum atomic E-state index is 11.0. The Bertz CT molecular complexity index is 433. The third-order valence-electron chi connectivity index (χ3n) is 2.94. The van der Waals surface area contributed by atoms with Gasteiger partial charge in [0.15, 0.2) is 5.75 Å². The first-order valence-corrected chi connectivity index (χ1v) is 5.03. The van der Waals surface area contributed by atoms with E-state index in [1.165, 1.54) is 0 Å². The molecule has 0 radical (unpaired) electrons. The molecule has 16 heavy (non-hydrogen) atoms. The maximum absolute atomic E-state index is 11.0. The average Bonchev–Trinajstić information content (AvgIpc) is 2.23. The number of para-hydroxylation sites is 1. The smallest absolute Gasteiger partial charge is 0.347 e. The van der Waals surface area contributed by atoms with Crippen LogP contribution in [0.1, 0.15) is 6.92 Å². The molecule has 1 aliphatic heterocycles. The molecular weight excluding hydrogens is 208 g/mol. The zero-order valence-corrected chi connectivity index (χ0v) is 9.18.